The highest BCUT2D eigenvalue weighted by Gasteiger charge is 2.18. The number of benzene rings is 1. The van der Waals surface area contributed by atoms with Crippen LogP contribution < -0.4 is 5.32 Å². The number of likely N-dealkylation sites (tertiary alicyclic amines) is 1. The van der Waals surface area contributed by atoms with E-state index in [0.29, 0.717) is 11.5 Å². The van der Waals surface area contributed by atoms with Gasteiger partial charge in [-0.2, -0.15) is 0 Å². The van der Waals surface area contributed by atoms with E-state index >= 15 is 0 Å². The van der Waals surface area contributed by atoms with Gasteiger partial charge in [-0.15, -0.1) is 10.2 Å². The lowest BCUT2D eigenvalue weighted by atomic mass is 10.2. The third-order valence-electron chi connectivity index (χ3n) is 3.82. The summed E-state index contributed by atoms with van der Waals surface area (Å²) in [4.78, 5) is 14.3. The van der Waals surface area contributed by atoms with E-state index in [-0.39, 0.29) is 5.91 Å². The van der Waals surface area contributed by atoms with Crippen molar-refractivity contribution in [2.24, 2.45) is 0 Å². The van der Waals surface area contributed by atoms with Crippen molar-refractivity contribution in [2.45, 2.75) is 25.7 Å². The van der Waals surface area contributed by atoms with Crippen molar-refractivity contribution in [3.8, 4) is 0 Å². The molecular weight excluding hydrogens is 276 g/mol. The first-order valence-electron chi connectivity index (χ1n) is 7.78. The Morgan fingerprint density at radius 3 is 2.27 bits per heavy atom. The third-order valence-corrected chi connectivity index (χ3v) is 3.82. The zero-order valence-corrected chi connectivity index (χ0v) is 12.5. The Balaban J connectivity index is 1.66. The van der Waals surface area contributed by atoms with Gasteiger partial charge in [-0.25, -0.2) is 0 Å². The van der Waals surface area contributed by atoms with Crippen LogP contribution in [-0.2, 0) is 0 Å². The van der Waals surface area contributed by atoms with Gasteiger partial charge >= 0.3 is 0 Å². The molecule has 0 aliphatic carbocycles. The molecule has 1 aliphatic heterocycles. The molecule has 0 unspecified atom stereocenters. The summed E-state index contributed by atoms with van der Waals surface area (Å²) in [6.07, 6.45) is 4.56. The Hall–Kier alpha value is -2.43. The summed E-state index contributed by atoms with van der Waals surface area (Å²) in [6, 6.07) is 13.3. The second-order valence-electron chi connectivity index (χ2n) is 5.50. The summed E-state index contributed by atoms with van der Waals surface area (Å²) in [5.41, 5.74) is 1.36. The quantitative estimate of drug-likeness (QED) is 0.944. The first-order chi connectivity index (χ1) is 10.8. The summed E-state index contributed by atoms with van der Waals surface area (Å²) < 4.78 is 0. The van der Waals surface area contributed by atoms with Gasteiger partial charge in [0.05, 0.1) is 0 Å². The van der Waals surface area contributed by atoms with Crippen molar-refractivity contribution in [2.75, 3.05) is 18.4 Å². The fourth-order valence-electron chi connectivity index (χ4n) is 2.62. The predicted molar refractivity (Wildman–Crippen MR) is 86.1 cm³/mol. The van der Waals surface area contributed by atoms with Crippen molar-refractivity contribution in [1.29, 1.82) is 0 Å². The van der Waals surface area contributed by atoms with E-state index < -0.39 is 0 Å². The van der Waals surface area contributed by atoms with Crippen LogP contribution in [0.1, 0.15) is 36.2 Å². The van der Waals surface area contributed by atoms with Crippen LogP contribution in [-0.4, -0.2) is 34.1 Å². The molecule has 1 aromatic carbocycles. The number of rotatable bonds is 3. The number of para-hydroxylation sites is 1. The summed E-state index contributed by atoms with van der Waals surface area (Å²) >= 11 is 0. The predicted octanol–water partition coefficient (Wildman–Crippen LogP) is 3.24. The molecule has 2 heterocycles. The minimum absolute atomic E-state index is 0.0133. The topological polar surface area (TPSA) is 58.1 Å². The smallest absolute Gasteiger partial charge is 0.274 e. The van der Waals surface area contributed by atoms with Crippen LogP contribution in [0, 0.1) is 0 Å². The molecule has 1 saturated heterocycles. The SMILES string of the molecule is O=C(c1ccc(Nc2ccccc2)nn1)N1CCCCCC1. The maximum atomic E-state index is 12.4. The van der Waals surface area contributed by atoms with Crippen LogP contribution in [0.5, 0.6) is 0 Å². The number of hydrogen-bond donors (Lipinski definition) is 1. The van der Waals surface area contributed by atoms with Crippen LogP contribution in [0.25, 0.3) is 0 Å². The molecule has 1 aliphatic rings. The average molecular weight is 296 g/mol. The molecule has 0 bridgehead atoms. The number of carbonyl (C=O) groups excluding carboxylic acids is 1. The molecule has 0 atom stereocenters. The van der Waals surface area contributed by atoms with E-state index in [4.69, 9.17) is 0 Å². The maximum absolute atomic E-state index is 12.4. The average Bonchev–Trinajstić information content (AvgIpc) is 2.85. The Kier molecular flexibility index (Phi) is 4.63. The van der Waals surface area contributed by atoms with E-state index in [1.807, 2.05) is 35.2 Å². The van der Waals surface area contributed by atoms with Gasteiger partial charge < -0.3 is 10.2 Å². The third kappa shape index (κ3) is 3.61. The minimum Gasteiger partial charge on any atom is -0.339 e. The molecule has 1 aromatic heterocycles. The van der Waals surface area contributed by atoms with Gasteiger partial charge in [0.15, 0.2) is 11.5 Å². The lowest BCUT2D eigenvalue weighted by molar-refractivity contribution is 0.0754. The highest BCUT2D eigenvalue weighted by molar-refractivity contribution is 5.92. The highest BCUT2D eigenvalue weighted by atomic mass is 16.2. The molecule has 0 saturated carbocycles. The van der Waals surface area contributed by atoms with Gasteiger partial charge in [-0.05, 0) is 37.1 Å². The lowest BCUT2D eigenvalue weighted by Crippen LogP contribution is -2.32. The normalized spacial score (nSPS) is 15.2. The lowest BCUT2D eigenvalue weighted by Gasteiger charge is -2.19. The van der Waals surface area contributed by atoms with Crippen LogP contribution in [0.2, 0.25) is 0 Å². The van der Waals surface area contributed by atoms with E-state index in [9.17, 15) is 4.79 Å². The van der Waals surface area contributed by atoms with Crippen molar-refractivity contribution < 1.29 is 4.79 Å². The van der Waals surface area contributed by atoms with Crippen LogP contribution in [0.4, 0.5) is 11.5 Å². The second-order valence-corrected chi connectivity index (χ2v) is 5.50. The fraction of sp³-hybridized carbons (Fsp3) is 0.353. The molecule has 0 spiro atoms. The summed E-state index contributed by atoms with van der Waals surface area (Å²) in [6.45, 7) is 1.65. The molecule has 0 radical (unpaired) electrons. The van der Waals surface area contributed by atoms with Gasteiger partial charge in [0.25, 0.3) is 5.91 Å². The number of hydrogen-bond acceptors (Lipinski definition) is 4. The first kappa shape index (κ1) is 14.5. The summed E-state index contributed by atoms with van der Waals surface area (Å²) in [5, 5.41) is 11.3. The van der Waals surface area contributed by atoms with E-state index in [2.05, 4.69) is 15.5 Å². The number of nitrogens with zero attached hydrogens (tertiary/aromatic N) is 3. The summed E-state index contributed by atoms with van der Waals surface area (Å²) in [5.74, 6) is 0.624. The van der Waals surface area contributed by atoms with Crippen molar-refractivity contribution >= 4 is 17.4 Å². The monoisotopic (exact) mass is 296 g/mol. The van der Waals surface area contributed by atoms with Gasteiger partial charge in [0.2, 0.25) is 0 Å². The molecular formula is C17H20N4O. The molecule has 5 heteroatoms. The van der Waals surface area contributed by atoms with Crippen molar-refractivity contribution in [3.63, 3.8) is 0 Å². The van der Waals surface area contributed by atoms with Crippen LogP contribution in [0.15, 0.2) is 42.5 Å². The number of amides is 1. The van der Waals surface area contributed by atoms with Crippen molar-refractivity contribution in [3.05, 3.63) is 48.2 Å². The van der Waals surface area contributed by atoms with Crippen LogP contribution >= 0.6 is 0 Å². The Morgan fingerprint density at radius 1 is 0.909 bits per heavy atom. The standard InChI is InChI=1S/C17H20N4O/c22-17(21-12-6-1-2-7-13-21)15-10-11-16(20-19-15)18-14-8-4-3-5-9-14/h3-5,8-11H,1-2,6-7,12-13H2,(H,18,20). The number of anilines is 2. The van der Waals surface area contributed by atoms with Crippen LogP contribution in [0.3, 0.4) is 0 Å². The molecule has 22 heavy (non-hydrogen) atoms. The van der Waals surface area contributed by atoms with Gasteiger partial charge in [0.1, 0.15) is 0 Å². The van der Waals surface area contributed by atoms with Gasteiger partial charge in [0, 0.05) is 18.8 Å². The van der Waals surface area contributed by atoms with E-state index in [1.165, 1.54) is 12.8 Å². The fourth-order valence-corrected chi connectivity index (χ4v) is 2.62. The highest BCUT2D eigenvalue weighted by Crippen LogP contribution is 2.15. The summed E-state index contributed by atoms with van der Waals surface area (Å²) in [7, 11) is 0. The molecule has 2 aromatic rings. The maximum Gasteiger partial charge on any atom is 0.274 e. The van der Waals surface area contributed by atoms with Gasteiger partial charge in [-0.1, -0.05) is 31.0 Å². The van der Waals surface area contributed by atoms with Gasteiger partial charge in [-0.3, -0.25) is 4.79 Å². The number of nitrogens with one attached hydrogen (secondary N) is 1. The Labute approximate surface area is 130 Å². The molecule has 1 amide bonds. The van der Waals surface area contributed by atoms with E-state index in [1.54, 1.807) is 12.1 Å². The Bertz CT molecular complexity index is 604. The largest absolute Gasteiger partial charge is 0.339 e. The number of carbonyl (C=O) groups is 1. The Morgan fingerprint density at radius 2 is 1.64 bits per heavy atom. The molecule has 1 N–H and O–H groups in total. The van der Waals surface area contributed by atoms with Crippen molar-refractivity contribution in [1.82, 2.24) is 15.1 Å². The second kappa shape index (κ2) is 7.02. The minimum atomic E-state index is -0.0133. The molecule has 3 rings (SSSR count). The van der Waals surface area contributed by atoms with E-state index in [0.717, 1.165) is 31.6 Å². The zero-order chi connectivity index (χ0) is 15.2. The first-order valence-corrected chi connectivity index (χ1v) is 7.78. The molecule has 5 nitrogen and oxygen atoms in total. The zero-order valence-electron chi connectivity index (χ0n) is 12.5. The molecule has 1 fully saturated rings. The number of aromatic nitrogens is 2. The molecule has 114 valence electrons.